The minimum Gasteiger partial charge on any atom is -0.340 e. The predicted octanol–water partition coefficient (Wildman–Crippen LogP) is -0.425. The molecule has 1 amide bonds. The summed E-state index contributed by atoms with van der Waals surface area (Å²) in [6, 6.07) is 0. The molecular weight excluding hydrogens is 278 g/mol. The van der Waals surface area contributed by atoms with Crippen LogP contribution >= 0.6 is 0 Å². The minimum atomic E-state index is -3.08. The van der Waals surface area contributed by atoms with Gasteiger partial charge in [0.1, 0.15) is 0 Å². The molecule has 3 rings (SSSR count). The van der Waals surface area contributed by atoms with E-state index in [1.807, 2.05) is 4.90 Å². The molecule has 0 atom stereocenters. The van der Waals surface area contributed by atoms with E-state index in [4.69, 9.17) is 0 Å². The van der Waals surface area contributed by atoms with Gasteiger partial charge in [0.25, 0.3) is 0 Å². The van der Waals surface area contributed by atoms with Crippen molar-refractivity contribution in [1.82, 2.24) is 14.1 Å². The van der Waals surface area contributed by atoms with E-state index >= 15 is 0 Å². The van der Waals surface area contributed by atoms with Crippen LogP contribution < -0.4 is 0 Å². The fourth-order valence-corrected chi connectivity index (χ4v) is 4.85. The Labute approximate surface area is 120 Å². The van der Waals surface area contributed by atoms with Crippen LogP contribution in [0.25, 0.3) is 0 Å². The van der Waals surface area contributed by atoms with Crippen LogP contribution in [0.4, 0.5) is 0 Å². The lowest BCUT2D eigenvalue weighted by Crippen LogP contribution is -2.59. The maximum absolute atomic E-state index is 12.3. The molecule has 0 aromatic rings. The van der Waals surface area contributed by atoms with Crippen LogP contribution in [0.3, 0.4) is 0 Å². The third kappa shape index (κ3) is 2.58. The standard InChI is InChI=1S/C13H23N3O3S/c1-2-14-5-7-15(8-6-14)13(17)11-9-16(10-11)20(18,19)12-3-4-12/h11-12H,2-10H2,1H3. The zero-order valence-electron chi connectivity index (χ0n) is 12.0. The Morgan fingerprint density at radius 3 is 2.20 bits per heavy atom. The molecule has 0 spiro atoms. The first kappa shape index (κ1) is 14.3. The summed E-state index contributed by atoms with van der Waals surface area (Å²) in [6.45, 7) is 7.36. The van der Waals surface area contributed by atoms with E-state index in [0.717, 1.165) is 45.6 Å². The molecule has 0 aromatic carbocycles. The molecule has 2 aliphatic heterocycles. The van der Waals surface area contributed by atoms with E-state index in [0.29, 0.717) is 13.1 Å². The van der Waals surface area contributed by atoms with Crippen LogP contribution in [0.5, 0.6) is 0 Å². The first-order chi connectivity index (χ1) is 9.52. The van der Waals surface area contributed by atoms with Gasteiger partial charge in [-0.15, -0.1) is 0 Å². The number of nitrogens with zero attached hydrogens (tertiary/aromatic N) is 3. The van der Waals surface area contributed by atoms with E-state index in [-0.39, 0.29) is 17.1 Å². The van der Waals surface area contributed by atoms with Gasteiger partial charge in [0.15, 0.2) is 0 Å². The highest BCUT2D eigenvalue weighted by Crippen LogP contribution is 2.34. The van der Waals surface area contributed by atoms with Crippen LogP contribution in [0, 0.1) is 5.92 Å². The van der Waals surface area contributed by atoms with Gasteiger partial charge in [0.05, 0.1) is 11.2 Å². The third-order valence-corrected chi connectivity index (χ3v) is 6.97. The third-order valence-electron chi connectivity index (χ3n) is 4.63. The smallest absolute Gasteiger partial charge is 0.228 e. The highest BCUT2D eigenvalue weighted by molar-refractivity contribution is 7.90. The molecule has 3 aliphatic rings. The van der Waals surface area contributed by atoms with Crippen LogP contribution in [0.15, 0.2) is 0 Å². The molecule has 0 bridgehead atoms. The van der Waals surface area contributed by atoms with Crippen molar-refractivity contribution in [2.45, 2.75) is 25.0 Å². The lowest BCUT2D eigenvalue weighted by molar-refractivity contribution is -0.140. The topological polar surface area (TPSA) is 60.9 Å². The predicted molar refractivity (Wildman–Crippen MR) is 75.7 cm³/mol. The highest BCUT2D eigenvalue weighted by Gasteiger charge is 2.47. The molecule has 0 radical (unpaired) electrons. The second-order valence-electron chi connectivity index (χ2n) is 6.02. The number of sulfonamides is 1. The molecule has 0 N–H and O–H groups in total. The first-order valence-electron chi connectivity index (χ1n) is 7.52. The molecule has 1 saturated carbocycles. The van der Waals surface area contributed by atoms with Crippen molar-refractivity contribution in [3.8, 4) is 0 Å². The van der Waals surface area contributed by atoms with Crippen molar-refractivity contribution in [3.63, 3.8) is 0 Å². The molecule has 0 unspecified atom stereocenters. The normalized spacial score (nSPS) is 26.6. The monoisotopic (exact) mass is 301 g/mol. The van der Waals surface area contributed by atoms with Gasteiger partial charge in [0.2, 0.25) is 15.9 Å². The van der Waals surface area contributed by atoms with Crippen molar-refractivity contribution in [1.29, 1.82) is 0 Å². The Morgan fingerprint density at radius 2 is 1.70 bits per heavy atom. The van der Waals surface area contributed by atoms with Gasteiger partial charge in [-0.05, 0) is 19.4 Å². The van der Waals surface area contributed by atoms with Gasteiger partial charge in [-0.2, -0.15) is 4.31 Å². The molecule has 20 heavy (non-hydrogen) atoms. The molecule has 114 valence electrons. The summed E-state index contributed by atoms with van der Waals surface area (Å²) in [6.07, 6.45) is 1.58. The number of carbonyl (C=O) groups is 1. The Morgan fingerprint density at radius 1 is 1.10 bits per heavy atom. The summed E-state index contributed by atoms with van der Waals surface area (Å²) in [5.41, 5.74) is 0. The molecule has 6 nitrogen and oxygen atoms in total. The summed E-state index contributed by atoms with van der Waals surface area (Å²) in [5, 5.41) is -0.161. The number of amides is 1. The number of piperazine rings is 1. The summed E-state index contributed by atoms with van der Waals surface area (Å²) in [5.74, 6) is 0.0275. The zero-order chi connectivity index (χ0) is 14.3. The maximum Gasteiger partial charge on any atom is 0.228 e. The fraction of sp³-hybridized carbons (Fsp3) is 0.923. The quantitative estimate of drug-likeness (QED) is 0.707. The number of carbonyl (C=O) groups excluding carboxylic acids is 1. The van der Waals surface area contributed by atoms with Crippen molar-refractivity contribution in [2.75, 3.05) is 45.8 Å². The van der Waals surface area contributed by atoms with Crippen LogP contribution in [0.2, 0.25) is 0 Å². The molecule has 3 fully saturated rings. The number of hydrogen-bond acceptors (Lipinski definition) is 4. The molecular formula is C13H23N3O3S. The fourth-order valence-electron chi connectivity index (χ4n) is 2.92. The summed E-state index contributed by atoms with van der Waals surface area (Å²) >= 11 is 0. The van der Waals surface area contributed by atoms with Crippen molar-refractivity contribution in [2.24, 2.45) is 5.92 Å². The Balaban J connectivity index is 1.49. The largest absolute Gasteiger partial charge is 0.340 e. The highest BCUT2D eigenvalue weighted by atomic mass is 32.2. The number of rotatable bonds is 4. The minimum absolute atomic E-state index is 0.114. The van der Waals surface area contributed by atoms with Crippen LogP contribution in [0.1, 0.15) is 19.8 Å². The first-order valence-corrected chi connectivity index (χ1v) is 9.02. The summed E-state index contributed by atoms with van der Waals surface area (Å²) < 4.78 is 25.5. The van der Waals surface area contributed by atoms with E-state index in [1.54, 1.807) is 0 Å². The maximum atomic E-state index is 12.3. The van der Waals surface area contributed by atoms with E-state index in [9.17, 15) is 13.2 Å². The van der Waals surface area contributed by atoms with Gasteiger partial charge in [0, 0.05) is 39.3 Å². The lowest BCUT2D eigenvalue weighted by Gasteiger charge is -2.42. The van der Waals surface area contributed by atoms with Gasteiger partial charge in [-0.3, -0.25) is 4.79 Å². The van der Waals surface area contributed by atoms with Crippen molar-refractivity contribution >= 4 is 15.9 Å². The average molecular weight is 301 g/mol. The van der Waals surface area contributed by atoms with Gasteiger partial charge in [-0.1, -0.05) is 6.92 Å². The second kappa shape index (κ2) is 5.27. The molecule has 0 aromatic heterocycles. The number of likely N-dealkylation sites (N-methyl/N-ethyl adjacent to an activating group) is 1. The van der Waals surface area contributed by atoms with Crippen molar-refractivity contribution < 1.29 is 13.2 Å². The summed E-state index contributed by atoms with van der Waals surface area (Å²) in [7, 11) is -3.08. The van der Waals surface area contributed by atoms with Crippen molar-refractivity contribution in [3.05, 3.63) is 0 Å². The Hall–Kier alpha value is -0.660. The van der Waals surface area contributed by atoms with E-state index in [1.165, 1.54) is 4.31 Å². The second-order valence-corrected chi connectivity index (χ2v) is 8.23. The molecule has 1 aliphatic carbocycles. The number of hydrogen-bond donors (Lipinski definition) is 0. The van der Waals surface area contributed by atoms with Gasteiger partial charge < -0.3 is 9.80 Å². The molecule has 2 saturated heterocycles. The zero-order valence-corrected chi connectivity index (χ0v) is 12.8. The van der Waals surface area contributed by atoms with Gasteiger partial charge in [-0.25, -0.2) is 8.42 Å². The lowest BCUT2D eigenvalue weighted by atomic mass is 10.0. The molecule has 7 heteroatoms. The Kier molecular flexibility index (Phi) is 3.77. The van der Waals surface area contributed by atoms with Gasteiger partial charge >= 0.3 is 0 Å². The average Bonchev–Trinajstić information content (AvgIpc) is 3.21. The molecule has 2 heterocycles. The van der Waals surface area contributed by atoms with Crippen LogP contribution in [-0.2, 0) is 14.8 Å². The van der Waals surface area contributed by atoms with Crippen LogP contribution in [-0.4, -0.2) is 79.5 Å². The van der Waals surface area contributed by atoms with E-state index < -0.39 is 10.0 Å². The SMILES string of the molecule is CCN1CCN(C(=O)C2CN(S(=O)(=O)C3CC3)C2)CC1. The summed E-state index contributed by atoms with van der Waals surface area (Å²) in [4.78, 5) is 16.5. The van der Waals surface area contributed by atoms with E-state index in [2.05, 4.69) is 11.8 Å². The Bertz CT molecular complexity index is 475.